The molecule has 2 aromatic carbocycles. The molecule has 1 amide bonds. The Hall–Kier alpha value is -2.79. The lowest BCUT2D eigenvalue weighted by Crippen LogP contribution is -2.44. The molecule has 0 saturated carbocycles. The van der Waals surface area contributed by atoms with E-state index in [1.807, 2.05) is 38.1 Å². The van der Waals surface area contributed by atoms with Crippen LogP contribution in [-0.4, -0.2) is 44.0 Å². The molecule has 1 saturated heterocycles. The number of fused-ring (bicyclic) bond motifs is 1. The highest BCUT2D eigenvalue weighted by Gasteiger charge is 2.18. The molecule has 1 aliphatic rings. The highest BCUT2D eigenvalue weighted by Crippen LogP contribution is 2.27. The van der Waals surface area contributed by atoms with E-state index in [2.05, 4.69) is 40.4 Å². The van der Waals surface area contributed by atoms with Crippen molar-refractivity contribution in [1.82, 2.24) is 4.90 Å². The highest BCUT2D eigenvalue weighted by molar-refractivity contribution is 6.06. The number of rotatable bonds is 3. The Labute approximate surface area is 159 Å². The van der Waals surface area contributed by atoms with Gasteiger partial charge >= 0.3 is 0 Å². The molecule has 1 aromatic heterocycles. The average Bonchev–Trinajstić information content (AvgIpc) is 2.99. The van der Waals surface area contributed by atoms with E-state index in [4.69, 9.17) is 4.42 Å². The zero-order valence-electron chi connectivity index (χ0n) is 16.1. The van der Waals surface area contributed by atoms with E-state index >= 15 is 0 Å². The molecular formula is C22H25N3O2. The van der Waals surface area contributed by atoms with Crippen molar-refractivity contribution in [3.8, 4) is 0 Å². The van der Waals surface area contributed by atoms with Gasteiger partial charge in [0, 0.05) is 48.5 Å². The van der Waals surface area contributed by atoms with Crippen molar-refractivity contribution < 1.29 is 9.21 Å². The van der Waals surface area contributed by atoms with Crippen LogP contribution in [-0.2, 0) is 0 Å². The van der Waals surface area contributed by atoms with Crippen LogP contribution in [0.1, 0.15) is 21.7 Å². The fourth-order valence-corrected chi connectivity index (χ4v) is 3.56. The number of amides is 1. The molecule has 0 radical (unpaired) electrons. The standard InChI is InChI=1S/C22H25N3O2/c1-15-4-9-20-19(14-15)16(2)21(27-20)22(26)23-17-5-7-18(8-6-17)25-12-10-24(3)11-13-25/h4-9,14H,10-13H2,1-3H3,(H,23,26). The summed E-state index contributed by atoms with van der Waals surface area (Å²) in [5.74, 6) is 0.160. The van der Waals surface area contributed by atoms with Crippen LogP contribution in [0.2, 0.25) is 0 Å². The Kier molecular flexibility index (Phi) is 4.62. The van der Waals surface area contributed by atoms with Crippen molar-refractivity contribution in [3.63, 3.8) is 0 Å². The number of hydrogen-bond acceptors (Lipinski definition) is 4. The SMILES string of the molecule is Cc1ccc2oc(C(=O)Nc3ccc(N4CCN(C)CC4)cc3)c(C)c2c1. The minimum Gasteiger partial charge on any atom is -0.451 e. The topological polar surface area (TPSA) is 48.7 Å². The normalized spacial score (nSPS) is 15.3. The van der Waals surface area contributed by atoms with Crippen LogP contribution >= 0.6 is 0 Å². The van der Waals surface area contributed by atoms with Crippen LogP contribution < -0.4 is 10.2 Å². The molecule has 2 heterocycles. The minimum absolute atomic E-state index is 0.214. The first-order valence-corrected chi connectivity index (χ1v) is 9.36. The van der Waals surface area contributed by atoms with Gasteiger partial charge in [0.05, 0.1) is 0 Å². The summed E-state index contributed by atoms with van der Waals surface area (Å²) in [5.41, 5.74) is 4.73. The van der Waals surface area contributed by atoms with Crippen molar-refractivity contribution >= 4 is 28.3 Å². The van der Waals surface area contributed by atoms with Crippen LogP contribution in [0.25, 0.3) is 11.0 Å². The molecule has 4 rings (SSSR count). The summed E-state index contributed by atoms with van der Waals surface area (Å²) in [7, 11) is 2.15. The van der Waals surface area contributed by atoms with Gasteiger partial charge in [-0.3, -0.25) is 4.79 Å². The zero-order chi connectivity index (χ0) is 19.0. The Bertz CT molecular complexity index is 967. The third-order valence-corrected chi connectivity index (χ3v) is 5.29. The Morgan fingerprint density at radius 3 is 2.41 bits per heavy atom. The molecule has 140 valence electrons. The third-order valence-electron chi connectivity index (χ3n) is 5.29. The maximum Gasteiger partial charge on any atom is 0.291 e. The van der Waals surface area contributed by atoms with Crippen LogP contribution in [0, 0.1) is 13.8 Å². The molecule has 0 atom stereocenters. The van der Waals surface area contributed by atoms with Gasteiger partial charge in [0.25, 0.3) is 5.91 Å². The Morgan fingerprint density at radius 2 is 1.70 bits per heavy atom. The highest BCUT2D eigenvalue weighted by atomic mass is 16.3. The lowest BCUT2D eigenvalue weighted by molar-refractivity contribution is 0.0998. The number of aryl methyl sites for hydroxylation is 2. The maximum absolute atomic E-state index is 12.7. The van der Waals surface area contributed by atoms with E-state index in [9.17, 15) is 4.79 Å². The summed E-state index contributed by atoms with van der Waals surface area (Å²) in [6, 6.07) is 14.0. The van der Waals surface area contributed by atoms with Gasteiger partial charge in [-0.25, -0.2) is 0 Å². The van der Waals surface area contributed by atoms with Crippen LogP contribution in [0.5, 0.6) is 0 Å². The summed E-state index contributed by atoms with van der Waals surface area (Å²) in [4.78, 5) is 17.4. The second kappa shape index (κ2) is 7.08. The molecule has 5 heteroatoms. The predicted molar refractivity (Wildman–Crippen MR) is 110 cm³/mol. The number of nitrogens with one attached hydrogen (secondary N) is 1. The maximum atomic E-state index is 12.7. The number of hydrogen-bond donors (Lipinski definition) is 1. The van der Waals surface area contributed by atoms with E-state index in [-0.39, 0.29) is 5.91 Å². The first-order chi connectivity index (χ1) is 13.0. The average molecular weight is 363 g/mol. The number of furan rings is 1. The largest absolute Gasteiger partial charge is 0.451 e. The quantitative estimate of drug-likeness (QED) is 0.763. The number of anilines is 2. The predicted octanol–water partition coefficient (Wildman–Crippen LogP) is 4.05. The summed E-state index contributed by atoms with van der Waals surface area (Å²) >= 11 is 0. The van der Waals surface area contributed by atoms with Crippen LogP contribution in [0.3, 0.4) is 0 Å². The lowest BCUT2D eigenvalue weighted by Gasteiger charge is -2.34. The molecule has 0 bridgehead atoms. The minimum atomic E-state index is -0.214. The molecule has 27 heavy (non-hydrogen) atoms. The summed E-state index contributed by atoms with van der Waals surface area (Å²) in [6.07, 6.45) is 0. The first-order valence-electron chi connectivity index (χ1n) is 9.36. The van der Waals surface area contributed by atoms with E-state index in [1.54, 1.807) is 0 Å². The Balaban J connectivity index is 1.49. The van der Waals surface area contributed by atoms with Gasteiger partial charge in [-0.1, -0.05) is 11.6 Å². The van der Waals surface area contributed by atoms with Crippen LogP contribution in [0.15, 0.2) is 46.9 Å². The van der Waals surface area contributed by atoms with Crippen molar-refractivity contribution in [2.45, 2.75) is 13.8 Å². The number of likely N-dealkylation sites (N-methyl/N-ethyl adjacent to an activating group) is 1. The third kappa shape index (κ3) is 3.55. The molecule has 0 unspecified atom stereocenters. The zero-order valence-corrected chi connectivity index (χ0v) is 16.1. The van der Waals surface area contributed by atoms with Crippen molar-refractivity contribution in [1.29, 1.82) is 0 Å². The molecule has 1 N–H and O–H groups in total. The Morgan fingerprint density at radius 1 is 1.00 bits per heavy atom. The van der Waals surface area contributed by atoms with Gasteiger partial charge in [-0.15, -0.1) is 0 Å². The second-order valence-corrected chi connectivity index (χ2v) is 7.35. The molecule has 5 nitrogen and oxygen atoms in total. The van der Waals surface area contributed by atoms with Gasteiger partial charge < -0.3 is 19.5 Å². The van der Waals surface area contributed by atoms with E-state index in [0.717, 1.165) is 54.0 Å². The van der Waals surface area contributed by atoms with Crippen molar-refractivity contribution in [2.24, 2.45) is 0 Å². The number of nitrogens with zero attached hydrogens (tertiary/aromatic N) is 2. The summed E-state index contributed by atoms with van der Waals surface area (Å²) < 4.78 is 5.79. The van der Waals surface area contributed by atoms with Crippen LogP contribution in [0.4, 0.5) is 11.4 Å². The fraction of sp³-hybridized carbons (Fsp3) is 0.318. The van der Waals surface area contributed by atoms with Gasteiger partial charge in [0.15, 0.2) is 5.76 Å². The van der Waals surface area contributed by atoms with E-state index < -0.39 is 0 Å². The monoisotopic (exact) mass is 363 g/mol. The smallest absolute Gasteiger partial charge is 0.291 e. The molecule has 1 fully saturated rings. The lowest BCUT2D eigenvalue weighted by atomic mass is 10.1. The molecule has 0 aliphatic carbocycles. The number of carbonyl (C=O) groups is 1. The molecular weight excluding hydrogens is 338 g/mol. The van der Waals surface area contributed by atoms with E-state index in [0.29, 0.717) is 5.76 Å². The molecule has 1 aliphatic heterocycles. The van der Waals surface area contributed by atoms with Crippen molar-refractivity contribution in [2.75, 3.05) is 43.4 Å². The van der Waals surface area contributed by atoms with Gasteiger partial charge in [-0.05, 0) is 57.3 Å². The second-order valence-electron chi connectivity index (χ2n) is 7.35. The fourth-order valence-electron chi connectivity index (χ4n) is 3.56. The number of carbonyl (C=O) groups excluding carboxylic acids is 1. The molecule has 3 aromatic rings. The summed E-state index contributed by atoms with van der Waals surface area (Å²) in [6.45, 7) is 8.16. The van der Waals surface area contributed by atoms with E-state index in [1.165, 1.54) is 5.69 Å². The van der Waals surface area contributed by atoms with Gasteiger partial charge in [0.1, 0.15) is 5.58 Å². The van der Waals surface area contributed by atoms with Gasteiger partial charge in [0.2, 0.25) is 0 Å². The molecule has 0 spiro atoms. The summed E-state index contributed by atoms with van der Waals surface area (Å²) in [5, 5.41) is 3.94. The van der Waals surface area contributed by atoms with Gasteiger partial charge in [-0.2, -0.15) is 0 Å². The number of piperazine rings is 1. The first kappa shape index (κ1) is 17.6. The number of benzene rings is 2. The van der Waals surface area contributed by atoms with Crippen molar-refractivity contribution in [3.05, 3.63) is 59.4 Å².